The number of carbonyl (C=O) groups excluding carboxylic acids is 1. The number of nitrogens with one attached hydrogen (secondary N) is 2. The van der Waals surface area contributed by atoms with Gasteiger partial charge in [-0.05, 0) is 12.0 Å². The summed E-state index contributed by atoms with van der Waals surface area (Å²) in [6.07, 6.45) is 7.54. The van der Waals surface area contributed by atoms with E-state index in [4.69, 9.17) is 6.42 Å². The van der Waals surface area contributed by atoms with Gasteiger partial charge in [0, 0.05) is 25.4 Å². The molecule has 118 valence electrons. The van der Waals surface area contributed by atoms with Crippen LogP contribution in [0.5, 0.6) is 0 Å². The molecule has 0 fully saturated rings. The highest BCUT2D eigenvalue weighted by molar-refractivity contribution is 5.74. The number of benzene rings is 1. The molecule has 2 N–H and O–H groups in total. The van der Waals surface area contributed by atoms with E-state index in [1.807, 2.05) is 18.2 Å². The number of aryl methyl sites for hydroxylation is 1. The van der Waals surface area contributed by atoms with Crippen molar-refractivity contribution in [3.05, 3.63) is 47.5 Å². The van der Waals surface area contributed by atoms with Crippen molar-refractivity contribution in [2.45, 2.75) is 31.8 Å². The molecule has 0 radical (unpaired) electrons. The molecule has 1 atom stereocenters. The Kier molecular flexibility index (Phi) is 4.57. The molecular formula is C17H19N5O. The number of aromatic nitrogens is 3. The van der Waals surface area contributed by atoms with Crippen molar-refractivity contribution in [2.24, 2.45) is 0 Å². The normalized spacial score (nSPS) is 16.2. The van der Waals surface area contributed by atoms with E-state index in [0.717, 1.165) is 30.9 Å². The van der Waals surface area contributed by atoms with Crippen molar-refractivity contribution >= 4 is 6.03 Å². The Morgan fingerprint density at radius 3 is 2.96 bits per heavy atom. The number of rotatable bonds is 4. The minimum Gasteiger partial charge on any atom is -0.334 e. The quantitative estimate of drug-likeness (QED) is 0.831. The largest absolute Gasteiger partial charge is 0.334 e. The maximum Gasteiger partial charge on any atom is 0.315 e. The van der Waals surface area contributed by atoms with Gasteiger partial charge in [0.1, 0.15) is 11.6 Å². The van der Waals surface area contributed by atoms with Gasteiger partial charge in [-0.1, -0.05) is 36.3 Å². The summed E-state index contributed by atoms with van der Waals surface area (Å²) < 4.78 is 2.11. The summed E-state index contributed by atoms with van der Waals surface area (Å²) in [7, 11) is 0. The van der Waals surface area contributed by atoms with Crippen molar-refractivity contribution in [3.8, 4) is 12.3 Å². The van der Waals surface area contributed by atoms with Gasteiger partial charge in [0.15, 0.2) is 0 Å². The van der Waals surface area contributed by atoms with Gasteiger partial charge < -0.3 is 15.2 Å². The highest BCUT2D eigenvalue weighted by atomic mass is 16.2. The zero-order valence-electron chi connectivity index (χ0n) is 12.8. The van der Waals surface area contributed by atoms with Crippen LogP contribution in [0.1, 0.15) is 23.6 Å². The molecular weight excluding hydrogens is 290 g/mol. The first-order valence-electron chi connectivity index (χ1n) is 7.69. The van der Waals surface area contributed by atoms with Crippen molar-refractivity contribution in [3.63, 3.8) is 0 Å². The van der Waals surface area contributed by atoms with Crippen LogP contribution in [-0.2, 0) is 19.4 Å². The van der Waals surface area contributed by atoms with E-state index in [1.54, 1.807) is 0 Å². The zero-order chi connectivity index (χ0) is 16.1. The molecule has 1 aromatic heterocycles. The van der Waals surface area contributed by atoms with Crippen molar-refractivity contribution < 1.29 is 4.79 Å². The van der Waals surface area contributed by atoms with E-state index < -0.39 is 0 Å². The number of amides is 2. The molecule has 0 saturated carbocycles. The fourth-order valence-corrected chi connectivity index (χ4v) is 2.78. The first-order chi connectivity index (χ1) is 11.3. The third-order valence-electron chi connectivity index (χ3n) is 3.91. The average Bonchev–Trinajstić information content (AvgIpc) is 2.96. The van der Waals surface area contributed by atoms with Gasteiger partial charge in [-0.15, -0.1) is 16.6 Å². The summed E-state index contributed by atoms with van der Waals surface area (Å²) in [5.74, 6) is 4.30. The van der Waals surface area contributed by atoms with Crippen LogP contribution in [0.25, 0.3) is 0 Å². The highest BCUT2D eigenvalue weighted by Crippen LogP contribution is 2.17. The minimum atomic E-state index is -0.228. The lowest BCUT2D eigenvalue weighted by molar-refractivity contribution is 0.233. The molecule has 3 rings (SSSR count). The Balaban J connectivity index is 1.67. The topological polar surface area (TPSA) is 71.8 Å². The van der Waals surface area contributed by atoms with Gasteiger partial charge in [0.05, 0.1) is 6.54 Å². The third kappa shape index (κ3) is 3.69. The smallest absolute Gasteiger partial charge is 0.315 e. The lowest BCUT2D eigenvalue weighted by Crippen LogP contribution is -2.46. The van der Waals surface area contributed by atoms with E-state index in [2.05, 4.69) is 43.5 Å². The maximum atomic E-state index is 11.7. The molecule has 2 amide bonds. The Hall–Kier alpha value is -2.81. The molecule has 6 nitrogen and oxygen atoms in total. The molecule has 1 aliphatic rings. The van der Waals surface area contributed by atoms with Crippen molar-refractivity contribution in [1.29, 1.82) is 0 Å². The van der Waals surface area contributed by atoms with Gasteiger partial charge >= 0.3 is 6.03 Å². The number of urea groups is 1. The van der Waals surface area contributed by atoms with Gasteiger partial charge in [-0.25, -0.2) is 4.79 Å². The highest BCUT2D eigenvalue weighted by Gasteiger charge is 2.23. The number of terminal acetylenes is 1. The number of nitrogens with zero attached hydrogens (tertiary/aromatic N) is 3. The van der Waals surface area contributed by atoms with Crippen LogP contribution in [0.15, 0.2) is 30.3 Å². The Labute approximate surface area is 135 Å². The Morgan fingerprint density at radius 2 is 2.17 bits per heavy atom. The second-order valence-electron chi connectivity index (χ2n) is 5.57. The minimum absolute atomic E-state index is 0.0609. The summed E-state index contributed by atoms with van der Waals surface area (Å²) in [5, 5.41) is 14.2. The molecule has 1 aromatic carbocycles. The standard InChI is InChI=1S/C17H19N5O/c1-2-10-18-17(23)19-14-8-9-15-20-21-16(22(15)12-14)11-13-6-4-3-5-7-13/h1,3-7,14H,8-12H2,(H2,18,19,23). The van der Waals surface area contributed by atoms with Gasteiger partial charge in [0.25, 0.3) is 0 Å². The van der Waals surface area contributed by atoms with Crippen LogP contribution in [0, 0.1) is 12.3 Å². The van der Waals surface area contributed by atoms with E-state index in [1.165, 1.54) is 5.56 Å². The van der Waals surface area contributed by atoms with Crippen LogP contribution in [-0.4, -0.2) is 33.4 Å². The van der Waals surface area contributed by atoms with Crippen LogP contribution >= 0.6 is 0 Å². The second kappa shape index (κ2) is 6.97. The molecule has 2 heterocycles. The van der Waals surface area contributed by atoms with Gasteiger partial charge in [0.2, 0.25) is 0 Å². The van der Waals surface area contributed by atoms with Crippen LogP contribution < -0.4 is 10.6 Å². The summed E-state index contributed by atoms with van der Waals surface area (Å²) in [5.41, 5.74) is 1.20. The summed E-state index contributed by atoms with van der Waals surface area (Å²) in [6.45, 7) is 0.920. The fourth-order valence-electron chi connectivity index (χ4n) is 2.78. The number of fused-ring (bicyclic) bond motifs is 1. The molecule has 2 aromatic rings. The summed E-state index contributed by atoms with van der Waals surface area (Å²) >= 11 is 0. The van der Waals surface area contributed by atoms with Crippen molar-refractivity contribution in [1.82, 2.24) is 25.4 Å². The molecule has 1 unspecified atom stereocenters. The Bertz CT molecular complexity index is 716. The first-order valence-corrected chi connectivity index (χ1v) is 7.69. The lowest BCUT2D eigenvalue weighted by Gasteiger charge is -2.25. The van der Waals surface area contributed by atoms with Crippen LogP contribution in [0.3, 0.4) is 0 Å². The van der Waals surface area contributed by atoms with E-state index in [9.17, 15) is 4.79 Å². The maximum absolute atomic E-state index is 11.7. The van der Waals surface area contributed by atoms with Gasteiger partial charge in [-0.2, -0.15) is 0 Å². The predicted octanol–water partition coefficient (Wildman–Crippen LogP) is 1.12. The molecule has 1 aliphatic heterocycles. The predicted molar refractivity (Wildman–Crippen MR) is 86.7 cm³/mol. The molecule has 0 aliphatic carbocycles. The second-order valence-corrected chi connectivity index (χ2v) is 5.57. The van der Waals surface area contributed by atoms with Crippen molar-refractivity contribution in [2.75, 3.05) is 6.54 Å². The monoisotopic (exact) mass is 309 g/mol. The molecule has 0 spiro atoms. The van der Waals surface area contributed by atoms with E-state index in [0.29, 0.717) is 6.54 Å². The molecule has 23 heavy (non-hydrogen) atoms. The fraction of sp³-hybridized carbons (Fsp3) is 0.353. The Morgan fingerprint density at radius 1 is 1.35 bits per heavy atom. The third-order valence-corrected chi connectivity index (χ3v) is 3.91. The van der Waals surface area contributed by atoms with Gasteiger partial charge in [-0.3, -0.25) is 0 Å². The SMILES string of the molecule is C#CCNC(=O)NC1CCc2nnc(Cc3ccccc3)n2C1. The first kappa shape index (κ1) is 15.1. The lowest BCUT2D eigenvalue weighted by atomic mass is 10.1. The molecule has 0 saturated heterocycles. The molecule has 0 bridgehead atoms. The average molecular weight is 309 g/mol. The van der Waals surface area contributed by atoms with E-state index >= 15 is 0 Å². The number of hydrogen-bond acceptors (Lipinski definition) is 3. The van der Waals surface area contributed by atoms with Crippen LogP contribution in [0.2, 0.25) is 0 Å². The van der Waals surface area contributed by atoms with E-state index in [-0.39, 0.29) is 18.6 Å². The number of carbonyl (C=O) groups is 1. The number of hydrogen-bond donors (Lipinski definition) is 2. The zero-order valence-corrected chi connectivity index (χ0v) is 12.8. The molecule has 6 heteroatoms. The van der Waals surface area contributed by atoms with Crippen LogP contribution in [0.4, 0.5) is 4.79 Å². The summed E-state index contributed by atoms with van der Waals surface area (Å²) in [4.78, 5) is 11.7. The summed E-state index contributed by atoms with van der Waals surface area (Å²) in [6, 6.07) is 10.0.